The van der Waals surface area contributed by atoms with Crippen LogP contribution in [0.3, 0.4) is 0 Å². The molecule has 0 spiro atoms. The Morgan fingerprint density at radius 3 is 3.05 bits per heavy atom. The highest BCUT2D eigenvalue weighted by Gasteiger charge is 2.32. The van der Waals surface area contributed by atoms with E-state index in [4.69, 9.17) is 9.26 Å². The van der Waals surface area contributed by atoms with Crippen LogP contribution in [0, 0.1) is 6.92 Å². The molecule has 2 atom stereocenters. The Labute approximate surface area is 115 Å². The number of nitrogens with zero attached hydrogens (tertiary/aromatic N) is 3. The molecule has 1 saturated heterocycles. The van der Waals surface area contributed by atoms with Crippen molar-refractivity contribution in [3.8, 4) is 0 Å². The first-order valence-electron chi connectivity index (χ1n) is 6.24. The van der Waals surface area contributed by atoms with E-state index < -0.39 is 0 Å². The van der Waals surface area contributed by atoms with Crippen LogP contribution >= 0.6 is 11.3 Å². The monoisotopic (exact) mass is 280 g/mol. The maximum absolute atomic E-state index is 5.44. The van der Waals surface area contributed by atoms with Crippen molar-refractivity contribution >= 4 is 11.3 Å². The number of aromatic nitrogens is 3. The molecule has 3 heterocycles. The molecule has 0 saturated carbocycles. The molecule has 19 heavy (non-hydrogen) atoms. The lowest BCUT2D eigenvalue weighted by Gasteiger charge is -2.11. The quantitative estimate of drug-likeness (QED) is 0.905. The van der Waals surface area contributed by atoms with Crippen molar-refractivity contribution in [1.29, 1.82) is 0 Å². The van der Waals surface area contributed by atoms with E-state index in [-0.39, 0.29) is 12.0 Å². The summed E-state index contributed by atoms with van der Waals surface area (Å²) in [6, 6.07) is 0.245. The third-order valence-electron chi connectivity index (χ3n) is 3.26. The minimum Gasteiger partial charge on any atom is -0.379 e. The van der Waals surface area contributed by atoms with Crippen LogP contribution in [0.1, 0.15) is 28.3 Å². The molecule has 0 amide bonds. The van der Waals surface area contributed by atoms with Gasteiger partial charge in [0.15, 0.2) is 5.82 Å². The summed E-state index contributed by atoms with van der Waals surface area (Å²) in [5.74, 6) is 1.48. The molecule has 0 bridgehead atoms. The fourth-order valence-electron chi connectivity index (χ4n) is 2.22. The number of hydrogen-bond donors (Lipinski definition) is 1. The van der Waals surface area contributed by atoms with Crippen LogP contribution in [0.2, 0.25) is 0 Å². The SMILES string of the molecule is CNC1COCC1c1nc(Cc2csc(C)n2)no1. The van der Waals surface area contributed by atoms with E-state index in [1.54, 1.807) is 11.3 Å². The van der Waals surface area contributed by atoms with Gasteiger partial charge >= 0.3 is 0 Å². The van der Waals surface area contributed by atoms with Gasteiger partial charge in [0.25, 0.3) is 0 Å². The molecular formula is C12H16N4O2S. The topological polar surface area (TPSA) is 73.1 Å². The molecule has 0 aromatic carbocycles. The highest BCUT2D eigenvalue weighted by molar-refractivity contribution is 7.09. The molecule has 0 radical (unpaired) electrons. The number of aryl methyl sites for hydroxylation is 1. The van der Waals surface area contributed by atoms with Gasteiger partial charge in [-0.2, -0.15) is 4.98 Å². The van der Waals surface area contributed by atoms with Crippen molar-refractivity contribution in [3.05, 3.63) is 27.8 Å². The van der Waals surface area contributed by atoms with Gasteiger partial charge in [-0.05, 0) is 14.0 Å². The average Bonchev–Trinajstić information content (AvgIpc) is 3.10. The summed E-state index contributed by atoms with van der Waals surface area (Å²) in [7, 11) is 1.92. The standard InChI is InChI=1S/C12H16N4O2S/c1-7-14-8(6-19-7)3-11-15-12(18-16-11)9-4-17-5-10(9)13-2/h6,9-10,13H,3-5H2,1-2H3. The van der Waals surface area contributed by atoms with E-state index in [0.717, 1.165) is 10.7 Å². The Hall–Kier alpha value is -1.31. The summed E-state index contributed by atoms with van der Waals surface area (Å²) < 4.78 is 10.8. The molecule has 7 heteroatoms. The number of thiazole rings is 1. The third kappa shape index (κ3) is 2.68. The maximum Gasteiger partial charge on any atom is 0.233 e. The van der Waals surface area contributed by atoms with Gasteiger partial charge in [-0.3, -0.25) is 0 Å². The van der Waals surface area contributed by atoms with Crippen LogP contribution in [-0.4, -0.2) is 41.4 Å². The van der Waals surface area contributed by atoms with Crippen LogP contribution < -0.4 is 5.32 Å². The largest absolute Gasteiger partial charge is 0.379 e. The molecule has 1 fully saturated rings. The zero-order valence-corrected chi connectivity index (χ0v) is 11.7. The Morgan fingerprint density at radius 2 is 2.32 bits per heavy atom. The number of rotatable bonds is 4. The molecule has 2 aromatic heterocycles. The Kier molecular flexibility index (Phi) is 3.58. The molecule has 1 N–H and O–H groups in total. The van der Waals surface area contributed by atoms with Gasteiger partial charge in [0.05, 0.1) is 36.3 Å². The van der Waals surface area contributed by atoms with E-state index >= 15 is 0 Å². The van der Waals surface area contributed by atoms with E-state index in [2.05, 4.69) is 20.4 Å². The first-order valence-corrected chi connectivity index (χ1v) is 7.12. The van der Waals surface area contributed by atoms with Crippen molar-refractivity contribution in [1.82, 2.24) is 20.4 Å². The second kappa shape index (κ2) is 5.36. The summed E-state index contributed by atoms with van der Waals surface area (Å²) >= 11 is 1.63. The summed E-state index contributed by atoms with van der Waals surface area (Å²) in [4.78, 5) is 8.87. The van der Waals surface area contributed by atoms with E-state index in [9.17, 15) is 0 Å². The van der Waals surface area contributed by atoms with Gasteiger partial charge in [-0.25, -0.2) is 4.98 Å². The van der Waals surface area contributed by atoms with Crippen molar-refractivity contribution in [2.45, 2.75) is 25.3 Å². The normalized spacial score (nSPS) is 23.1. The zero-order valence-electron chi connectivity index (χ0n) is 10.9. The fourth-order valence-corrected chi connectivity index (χ4v) is 2.84. The second-order valence-electron chi connectivity index (χ2n) is 4.62. The van der Waals surface area contributed by atoms with Gasteiger partial charge < -0.3 is 14.6 Å². The van der Waals surface area contributed by atoms with Crippen molar-refractivity contribution in [3.63, 3.8) is 0 Å². The van der Waals surface area contributed by atoms with Gasteiger partial charge in [0.2, 0.25) is 5.89 Å². The summed E-state index contributed by atoms with van der Waals surface area (Å²) in [6.45, 7) is 3.30. The highest BCUT2D eigenvalue weighted by atomic mass is 32.1. The van der Waals surface area contributed by atoms with E-state index in [1.165, 1.54) is 0 Å². The lowest BCUT2D eigenvalue weighted by molar-refractivity contribution is 0.185. The van der Waals surface area contributed by atoms with Gasteiger partial charge in [0.1, 0.15) is 0 Å². The van der Waals surface area contributed by atoms with Gasteiger partial charge in [-0.1, -0.05) is 5.16 Å². The van der Waals surface area contributed by atoms with Crippen LogP contribution in [0.5, 0.6) is 0 Å². The number of hydrogen-bond acceptors (Lipinski definition) is 7. The Morgan fingerprint density at radius 1 is 1.42 bits per heavy atom. The summed E-state index contributed by atoms with van der Waals surface area (Å²) in [5, 5.41) is 10.3. The first kappa shape index (κ1) is 12.7. The number of nitrogens with one attached hydrogen (secondary N) is 1. The Balaban J connectivity index is 1.72. The smallest absolute Gasteiger partial charge is 0.233 e. The molecule has 1 aliphatic heterocycles. The molecule has 2 unspecified atom stereocenters. The fraction of sp³-hybridized carbons (Fsp3) is 0.583. The van der Waals surface area contributed by atoms with Crippen LogP contribution in [-0.2, 0) is 11.2 Å². The van der Waals surface area contributed by atoms with Crippen LogP contribution in [0.25, 0.3) is 0 Å². The van der Waals surface area contributed by atoms with E-state index in [1.807, 2.05) is 19.4 Å². The maximum atomic E-state index is 5.44. The lowest BCUT2D eigenvalue weighted by atomic mass is 10.0. The third-order valence-corrected chi connectivity index (χ3v) is 4.08. The molecular weight excluding hydrogens is 264 g/mol. The lowest BCUT2D eigenvalue weighted by Crippen LogP contribution is -2.31. The average molecular weight is 280 g/mol. The first-order chi connectivity index (χ1) is 9.26. The Bertz CT molecular complexity index is 553. The molecule has 102 valence electrons. The highest BCUT2D eigenvalue weighted by Crippen LogP contribution is 2.24. The predicted octanol–water partition coefficient (Wildman–Crippen LogP) is 1.13. The van der Waals surface area contributed by atoms with Crippen LogP contribution in [0.15, 0.2) is 9.90 Å². The van der Waals surface area contributed by atoms with E-state index in [0.29, 0.717) is 31.3 Å². The van der Waals surface area contributed by atoms with Gasteiger partial charge in [-0.15, -0.1) is 11.3 Å². The molecule has 0 aliphatic carbocycles. The summed E-state index contributed by atoms with van der Waals surface area (Å²) in [6.07, 6.45) is 0.617. The van der Waals surface area contributed by atoms with Crippen molar-refractivity contribution in [2.75, 3.05) is 20.3 Å². The predicted molar refractivity (Wildman–Crippen MR) is 70.4 cm³/mol. The molecule has 6 nitrogen and oxygen atoms in total. The molecule has 3 rings (SSSR count). The molecule has 1 aliphatic rings. The second-order valence-corrected chi connectivity index (χ2v) is 5.68. The molecule has 2 aromatic rings. The van der Waals surface area contributed by atoms with Crippen molar-refractivity contribution in [2.24, 2.45) is 0 Å². The van der Waals surface area contributed by atoms with Crippen molar-refractivity contribution < 1.29 is 9.26 Å². The minimum atomic E-state index is 0.142. The number of ether oxygens (including phenoxy) is 1. The summed E-state index contributed by atoms with van der Waals surface area (Å²) in [5.41, 5.74) is 0.989. The van der Waals surface area contributed by atoms with Gasteiger partial charge in [0, 0.05) is 11.4 Å². The van der Waals surface area contributed by atoms with Crippen LogP contribution in [0.4, 0.5) is 0 Å². The zero-order chi connectivity index (χ0) is 13.2. The minimum absolute atomic E-state index is 0.142. The number of likely N-dealkylation sites (N-methyl/N-ethyl adjacent to an activating group) is 1.